The number of hydrogen-bond acceptors (Lipinski definition) is 3. The third-order valence-electron chi connectivity index (χ3n) is 4.74. The van der Waals surface area contributed by atoms with E-state index in [0.717, 1.165) is 36.0 Å². The predicted molar refractivity (Wildman–Crippen MR) is 91.8 cm³/mol. The molecule has 1 aromatic heterocycles. The molecule has 1 amide bonds. The molecular formula is C18H25N3O2. The average Bonchev–Trinajstić information content (AvgIpc) is 3.14. The van der Waals surface area contributed by atoms with Gasteiger partial charge in [-0.15, -0.1) is 0 Å². The molecule has 0 saturated carbocycles. The zero-order valence-corrected chi connectivity index (χ0v) is 13.9. The van der Waals surface area contributed by atoms with Gasteiger partial charge in [0.25, 0.3) is 5.91 Å². The van der Waals surface area contributed by atoms with Gasteiger partial charge < -0.3 is 19.5 Å². The molecule has 2 aromatic rings. The average molecular weight is 315 g/mol. The first-order valence-electron chi connectivity index (χ1n) is 8.26. The number of likely N-dealkylation sites (tertiary alicyclic amines) is 1. The van der Waals surface area contributed by atoms with Gasteiger partial charge in [-0.05, 0) is 32.5 Å². The van der Waals surface area contributed by atoms with Gasteiger partial charge in [-0.25, -0.2) is 0 Å². The highest BCUT2D eigenvalue weighted by Gasteiger charge is 2.22. The molecule has 0 bridgehead atoms. The van der Waals surface area contributed by atoms with Crippen LogP contribution in [0, 0.1) is 0 Å². The fourth-order valence-corrected chi connectivity index (χ4v) is 3.35. The van der Waals surface area contributed by atoms with Gasteiger partial charge in [-0.3, -0.25) is 4.79 Å². The maximum absolute atomic E-state index is 12.6. The number of ether oxygens (including phenoxy) is 1. The summed E-state index contributed by atoms with van der Waals surface area (Å²) in [5.74, 6) is 0.0117. The van der Waals surface area contributed by atoms with Crippen molar-refractivity contribution in [2.24, 2.45) is 0 Å². The Kier molecular flexibility index (Phi) is 4.98. The van der Waals surface area contributed by atoms with E-state index in [0.29, 0.717) is 19.2 Å². The minimum atomic E-state index is 0.0117. The monoisotopic (exact) mass is 315 g/mol. The van der Waals surface area contributed by atoms with Crippen LogP contribution in [0.2, 0.25) is 0 Å². The number of hydrogen-bond donors (Lipinski definition) is 1. The second kappa shape index (κ2) is 7.15. The normalized spacial score (nSPS) is 18.6. The van der Waals surface area contributed by atoms with Crippen LogP contribution in [0.25, 0.3) is 10.9 Å². The number of aromatic nitrogens is 1. The molecule has 1 aromatic carbocycles. The van der Waals surface area contributed by atoms with Crippen molar-refractivity contribution in [1.82, 2.24) is 14.8 Å². The Hall–Kier alpha value is -1.85. The number of fused-ring (bicyclic) bond motifs is 1. The van der Waals surface area contributed by atoms with Crippen LogP contribution in [0.1, 0.15) is 23.2 Å². The number of nitrogens with zero attached hydrogens (tertiary/aromatic N) is 2. The van der Waals surface area contributed by atoms with Crippen molar-refractivity contribution >= 4 is 16.8 Å². The van der Waals surface area contributed by atoms with Crippen LogP contribution in [0.15, 0.2) is 30.5 Å². The summed E-state index contributed by atoms with van der Waals surface area (Å²) in [6.07, 6.45) is 4.32. The number of carbonyl (C=O) groups excluding carboxylic acids is 1. The summed E-state index contributed by atoms with van der Waals surface area (Å²) in [4.78, 5) is 15.0. The van der Waals surface area contributed by atoms with E-state index in [1.165, 1.54) is 6.42 Å². The first kappa shape index (κ1) is 16.0. The lowest BCUT2D eigenvalue weighted by atomic mass is 10.1. The smallest absolute Gasteiger partial charge is 0.253 e. The quantitative estimate of drug-likeness (QED) is 0.888. The zero-order valence-electron chi connectivity index (χ0n) is 13.9. The van der Waals surface area contributed by atoms with Crippen molar-refractivity contribution in [2.75, 3.05) is 33.9 Å². The van der Waals surface area contributed by atoms with E-state index in [9.17, 15) is 4.79 Å². The number of rotatable bonds is 6. The summed E-state index contributed by atoms with van der Waals surface area (Å²) in [6, 6.07) is 8.49. The largest absolute Gasteiger partial charge is 0.383 e. The minimum Gasteiger partial charge on any atom is -0.383 e. The molecule has 23 heavy (non-hydrogen) atoms. The SMILES string of the molecule is COCCn1cc(C(=O)NC[C@@H]2CCCN2C)c2ccccc21. The summed E-state index contributed by atoms with van der Waals surface area (Å²) in [6.45, 7) is 3.21. The number of para-hydroxylation sites is 1. The highest BCUT2D eigenvalue weighted by atomic mass is 16.5. The molecule has 2 heterocycles. The Morgan fingerprint density at radius 2 is 2.22 bits per heavy atom. The Labute approximate surface area is 137 Å². The van der Waals surface area contributed by atoms with Crippen LogP contribution in [0.5, 0.6) is 0 Å². The fraction of sp³-hybridized carbons (Fsp3) is 0.500. The predicted octanol–water partition coefficient (Wildman–Crippen LogP) is 2.11. The van der Waals surface area contributed by atoms with Crippen LogP contribution in [0.3, 0.4) is 0 Å². The third-order valence-corrected chi connectivity index (χ3v) is 4.74. The van der Waals surface area contributed by atoms with Crippen LogP contribution in [-0.2, 0) is 11.3 Å². The van der Waals surface area contributed by atoms with Crippen molar-refractivity contribution in [3.8, 4) is 0 Å². The summed E-state index contributed by atoms with van der Waals surface area (Å²) in [5.41, 5.74) is 1.82. The van der Waals surface area contributed by atoms with Gasteiger partial charge in [0.1, 0.15) is 0 Å². The minimum absolute atomic E-state index is 0.0117. The lowest BCUT2D eigenvalue weighted by Gasteiger charge is -2.19. The molecule has 1 atom stereocenters. The van der Waals surface area contributed by atoms with E-state index in [2.05, 4.69) is 21.8 Å². The molecule has 1 fully saturated rings. The lowest BCUT2D eigenvalue weighted by molar-refractivity contribution is 0.0945. The number of nitrogens with one attached hydrogen (secondary N) is 1. The van der Waals surface area contributed by atoms with Crippen LogP contribution < -0.4 is 5.32 Å². The van der Waals surface area contributed by atoms with Crippen molar-refractivity contribution in [2.45, 2.75) is 25.4 Å². The molecular weight excluding hydrogens is 290 g/mol. The fourth-order valence-electron chi connectivity index (χ4n) is 3.35. The van der Waals surface area contributed by atoms with Crippen LogP contribution in [0.4, 0.5) is 0 Å². The van der Waals surface area contributed by atoms with Crippen molar-refractivity contribution in [1.29, 1.82) is 0 Å². The van der Waals surface area contributed by atoms with Gasteiger partial charge in [0.2, 0.25) is 0 Å². The van der Waals surface area contributed by atoms with Crippen molar-refractivity contribution in [3.05, 3.63) is 36.0 Å². The van der Waals surface area contributed by atoms with Gasteiger partial charge >= 0.3 is 0 Å². The Balaban J connectivity index is 1.77. The number of amides is 1. The van der Waals surface area contributed by atoms with Gasteiger partial charge in [0, 0.05) is 43.3 Å². The molecule has 1 aliphatic rings. The molecule has 0 spiro atoms. The lowest BCUT2D eigenvalue weighted by Crippen LogP contribution is -2.38. The van der Waals surface area contributed by atoms with E-state index < -0.39 is 0 Å². The molecule has 5 heteroatoms. The highest BCUT2D eigenvalue weighted by Crippen LogP contribution is 2.21. The molecule has 1 saturated heterocycles. The second-order valence-electron chi connectivity index (χ2n) is 6.23. The van der Waals surface area contributed by atoms with E-state index >= 15 is 0 Å². The summed E-state index contributed by atoms with van der Waals surface area (Å²) in [5, 5.41) is 4.11. The summed E-state index contributed by atoms with van der Waals surface area (Å²) < 4.78 is 7.26. The first-order chi connectivity index (χ1) is 11.2. The van der Waals surface area contributed by atoms with Crippen LogP contribution >= 0.6 is 0 Å². The van der Waals surface area contributed by atoms with E-state index in [1.54, 1.807) is 7.11 Å². The summed E-state index contributed by atoms with van der Waals surface area (Å²) >= 11 is 0. The summed E-state index contributed by atoms with van der Waals surface area (Å²) in [7, 11) is 3.82. The molecule has 124 valence electrons. The van der Waals surface area contributed by atoms with Crippen molar-refractivity contribution < 1.29 is 9.53 Å². The molecule has 1 N–H and O–H groups in total. The van der Waals surface area contributed by atoms with Gasteiger partial charge in [-0.2, -0.15) is 0 Å². The molecule has 5 nitrogen and oxygen atoms in total. The molecule has 0 aliphatic carbocycles. The Morgan fingerprint density at radius 1 is 1.39 bits per heavy atom. The van der Waals surface area contributed by atoms with Crippen molar-refractivity contribution in [3.63, 3.8) is 0 Å². The highest BCUT2D eigenvalue weighted by molar-refractivity contribution is 6.07. The number of likely N-dealkylation sites (N-methyl/N-ethyl adjacent to an activating group) is 1. The number of benzene rings is 1. The molecule has 0 unspecified atom stereocenters. The third kappa shape index (κ3) is 3.41. The molecule has 1 aliphatic heterocycles. The standard InChI is InChI=1S/C18H25N3O2/c1-20-9-5-6-14(20)12-19-18(22)16-13-21(10-11-23-2)17-8-4-3-7-15(16)17/h3-4,7-8,13-14H,5-6,9-12H2,1-2H3,(H,19,22)/t14-/m0/s1. The van der Waals surface area contributed by atoms with Gasteiger partial charge in [-0.1, -0.05) is 18.2 Å². The van der Waals surface area contributed by atoms with E-state index in [-0.39, 0.29) is 5.91 Å². The number of methoxy groups -OCH3 is 1. The molecule has 3 rings (SSSR count). The van der Waals surface area contributed by atoms with E-state index in [1.807, 2.05) is 30.5 Å². The Morgan fingerprint density at radius 3 is 2.96 bits per heavy atom. The number of carbonyl (C=O) groups is 1. The maximum atomic E-state index is 12.6. The topological polar surface area (TPSA) is 46.5 Å². The zero-order chi connectivity index (χ0) is 16.2. The first-order valence-corrected chi connectivity index (χ1v) is 8.26. The van der Waals surface area contributed by atoms with E-state index in [4.69, 9.17) is 4.74 Å². The second-order valence-corrected chi connectivity index (χ2v) is 6.23. The molecule has 0 radical (unpaired) electrons. The van der Waals surface area contributed by atoms with Gasteiger partial charge in [0.15, 0.2) is 0 Å². The maximum Gasteiger partial charge on any atom is 0.253 e. The Bertz CT molecular complexity index is 680. The van der Waals surface area contributed by atoms with Gasteiger partial charge in [0.05, 0.1) is 12.2 Å². The van der Waals surface area contributed by atoms with Crippen LogP contribution in [-0.4, -0.2) is 55.3 Å².